The number of carbonyl (C=O) groups excluding carboxylic acids is 1. The van der Waals surface area contributed by atoms with Crippen LogP contribution >= 0.6 is 0 Å². The van der Waals surface area contributed by atoms with Crippen molar-refractivity contribution in [2.75, 3.05) is 5.32 Å². The Labute approximate surface area is 106 Å². The summed E-state index contributed by atoms with van der Waals surface area (Å²) >= 11 is 0. The van der Waals surface area contributed by atoms with Gasteiger partial charge in [0.2, 0.25) is 5.91 Å². The molecule has 96 valence electrons. The standard InChI is InChI=1S/C12H8FN3O3/c13-7-2-5(1-6-3-10(17)14-11(6)7)8-4-9(12(18)19)16-15-8/h1-2,4H,3H2,(H,14,17)(H,15,16)(H,18,19). The summed E-state index contributed by atoms with van der Waals surface area (Å²) in [5.74, 6) is -1.96. The van der Waals surface area contributed by atoms with Gasteiger partial charge in [-0.3, -0.25) is 9.89 Å². The van der Waals surface area contributed by atoms with Crippen molar-refractivity contribution in [2.45, 2.75) is 6.42 Å². The molecular formula is C12H8FN3O3. The first-order valence-corrected chi connectivity index (χ1v) is 5.46. The molecule has 0 spiro atoms. The number of halogens is 1. The smallest absolute Gasteiger partial charge is 0.353 e. The topological polar surface area (TPSA) is 95.1 Å². The van der Waals surface area contributed by atoms with Gasteiger partial charge in [0.15, 0.2) is 0 Å². The van der Waals surface area contributed by atoms with E-state index in [1.54, 1.807) is 6.07 Å². The van der Waals surface area contributed by atoms with Gasteiger partial charge in [-0.1, -0.05) is 0 Å². The van der Waals surface area contributed by atoms with E-state index < -0.39 is 11.8 Å². The lowest BCUT2D eigenvalue weighted by Crippen LogP contribution is -2.04. The first kappa shape index (κ1) is 11.4. The van der Waals surface area contributed by atoms with Crippen molar-refractivity contribution >= 4 is 17.6 Å². The molecule has 0 atom stereocenters. The highest BCUT2D eigenvalue weighted by atomic mass is 19.1. The van der Waals surface area contributed by atoms with Crippen molar-refractivity contribution < 1.29 is 19.1 Å². The van der Waals surface area contributed by atoms with Crippen LogP contribution in [0.2, 0.25) is 0 Å². The van der Waals surface area contributed by atoms with Crippen molar-refractivity contribution in [2.24, 2.45) is 0 Å². The molecule has 6 nitrogen and oxygen atoms in total. The lowest BCUT2D eigenvalue weighted by molar-refractivity contribution is -0.115. The van der Waals surface area contributed by atoms with E-state index in [-0.39, 0.29) is 23.7 Å². The second-order valence-corrected chi connectivity index (χ2v) is 4.19. The average Bonchev–Trinajstić information content (AvgIpc) is 2.94. The van der Waals surface area contributed by atoms with E-state index in [0.717, 1.165) is 0 Å². The number of nitrogens with one attached hydrogen (secondary N) is 2. The van der Waals surface area contributed by atoms with E-state index in [0.29, 0.717) is 16.8 Å². The molecule has 1 aliphatic rings. The molecule has 0 unspecified atom stereocenters. The van der Waals surface area contributed by atoms with Gasteiger partial charge in [0.25, 0.3) is 0 Å². The maximum absolute atomic E-state index is 13.8. The summed E-state index contributed by atoms with van der Waals surface area (Å²) in [6, 6.07) is 4.15. The van der Waals surface area contributed by atoms with E-state index in [1.807, 2.05) is 0 Å². The predicted molar refractivity (Wildman–Crippen MR) is 63.3 cm³/mol. The molecule has 7 heteroatoms. The summed E-state index contributed by atoms with van der Waals surface area (Å²) in [5, 5.41) is 17.4. The van der Waals surface area contributed by atoms with Crippen LogP contribution in [0.25, 0.3) is 11.3 Å². The summed E-state index contributed by atoms with van der Waals surface area (Å²) in [4.78, 5) is 22.0. The Morgan fingerprint density at radius 1 is 1.37 bits per heavy atom. The van der Waals surface area contributed by atoms with Crippen LogP contribution in [-0.4, -0.2) is 27.2 Å². The molecule has 0 saturated carbocycles. The van der Waals surface area contributed by atoms with Crippen molar-refractivity contribution in [1.29, 1.82) is 0 Å². The van der Waals surface area contributed by atoms with Crippen molar-refractivity contribution in [3.05, 3.63) is 35.3 Å². The Kier molecular flexibility index (Phi) is 2.34. The van der Waals surface area contributed by atoms with Gasteiger partial charge in [0.05, 0.1) is 17.8 Å². The fourth-order valence-electron chi connectivity index (χ4n) is 2.03. The minimum atomic E-state index is -1.14. The van der Waals surface area contributed by atoms with E-state index in [1.165, 1.54) is 12.1 Å². The van der Waals surface area contributed by atoms with Gasteiger partial charge in [-0.25, -0.2) is 9.18 Å². The van der Waals surface area contributed by atoms with Gasteiger partial charge >= 0.3 is 5.97 Å². The summed E-state index contributed by atoms with van der Waals surface area (Å²) in [5.41, 5.74) is 1.39. The number of carboxylic acids is 1. The number of benzene rings is 1. The quantitative estimate of drug-likeness (QED) is 0.761. The zero-order valence-electron chi connectivity index (χ0n) is 9.53. The largest absolute Gasteiger partial charge is 0.477 e. The van der Waals surface area contributed by atoms with Gasteiger partial charge in [0, 0.05) is 5.56 Å². The van der Waals surface area contributed by atoms with Crippen LogP contribution in [0.1, 0.15) is 16.1 Å². The number of aromatic amines is 1. The summed E-state index contributed by atoms with van der Waals surface area (Å²) in [6.07, 6.45) is 0.107. The Hall–Kier alpha value is -2.70. The molecule has 1 aromatic heterocycles. The second kappa shape index (κ2) is 3.91. The second-order valence-electron chi connectivity index (χ2n) is 4.19. The van der Waals surface area contributed by atoms with E-state index in [9.17, 15) is 14.0 Å². The molecule has 19 heavy (non-hydrogen) atoms. The highest BCUT2D eigenvalue weighted by molar-refractivity contribution is 6.00. The lowest BCUT2D eigenvalue weighted by Gasteiger charge is -2.03. The molecular weight excluding hydrogens is 253 g/mol. The van der Waals surface area contributed by atoms with Crippen molar-refractivity contribution in [3.8, 4) is 11.3 Å². The number of carbonyl (C=O) groups is 2. The van der Waals surface area contributed by atoms with Crippen LogP contribution in [0.4, 0.5) is 10.1 Å². The zero-order chi connectivity index (χ0) is 13.6. The molecule has 3 rings (SSSR count). The van der Waals surface area contributed by atoms with E-state index in [2.05, 4.69) is 15.5 Å². The monoisotopic (exact) mass is 261 g/mol. The zero-order valence-corrected chi connectivity index (χ0v) is 9.53. The van der Waals surface area contributed by atoms with Crippen LogP contribution in [0.3, 0.4) is 0 Å². The molecule has 1 amide bonds. The maximum Gasteiger partial charge on any atom is 0.353 e. The minimum absolute atomic E-state index is 0.0786. The van der Waals surface area contributed by atoms with E-state index in [4.69, 9.17) is 5.11 Å². The Morgan fingerprint density at radius 2 is 2.16 bits per heavy atom. The van der Waals surface area contributed by atoms with Crippen molar-refractivity contribution in [3.63, 3.8) is 0 Å². The third-order valence-electron chi connectivity index (χ3n) is 2.89. The molecule has 1 aliphatic heterocycles. The number of nitrogens with zero attached hydrogens (tertiary/aromatic N) is 1. The maximum atomic E-state index is 13.8. The molecule has 0 fully saturated rings. The molecule has 0 saturated heterocycles. The number of hydrogen-bond acceptors (Lipinski definition) is 3. The fraction of sp³-hybridized carbons (Fsp3) is 0.0833. The average molecular weight is 261 g/mol. The SMILES string of the molecule is O=C1Cc2cc(-c3cc(C(=O)O)[nH]n3)cc(F)c2N1. The Morgan fingerprint density at radius 3 is 2.84 bits per heavy atom. The van der Waals surface area contributed by atoms with Crippen LogP contribution in [0, 0.1) is 5.82 Å². The number of H-pyrrole nitrogens is 1. The molecule has 3 N–H and O–H groups in total. The third-order valence-corrected chi connectivity index (χ3v) is 2.89. The van der Waals surface area contributed by atoms with Gasteiger partial charge in [-0.05, 0) is 23.8 Å². The number of fused-ring (bicyclic) bond motifs is 1. The van der Waals surface area contributed by atoms with Crippen molar-refractivity contribution in [1.82, 2.24) is 10.2 Å². The molecule has 0 bridgehead atoms. The van der Waals surface area contributed by atoms with E-state index >= 15 is 0 Å². The lowest BCUT2D eigenvalue weighted by atomic mass is 10.1. The number of anilines is 1. The highest BCUT2D eigenvalue weighted by Gasteiger charge is 2.23. The Balaban J connectivity index is 2.06. The van der Waals surface area contributed by atoms with Crippen LogP contribution in [0.15, 0.2) is 18.2 Å². The normalized spacial score (nSPS) is 13.2. The van der Waals surface area contributed by atoms with Crippen LogP contribution < -0.4 is 5.32 Å². The number of amides is 1. The Bertz CT molecular complexity index is 708. The molecule has 1 aromatic carbocycles. The summed E-state index contributed by atoms with van der Waals surface area (Å²) in [6.45, 7) is 0. The number of hydrogen-bond donors (Lipinski definition) is 3. The van der Waals surface area contributed by atoms with Gasteiger partial charge < -0.3 is 10.4 Å². The number of aromatic carboxylic acids is 1. The first-order chi connectivity index (χ1) is 9.04. The number of aromatic nitrogens is 2. The molecule has 0 radical (unpaired) electrons. The minimum Gasteiger partial charge on any atom is -0.477 e. The first-order valence-electron chi connectivity index (χ1n) is 5.46. The molecule has 0 aliphatic carbocycles. The fourth-order valence-corrected chi connectivity index (χ4v) is 2.03. The van der Waals surface area contributed by atoms with Gasteiger partial charge in [0.1, 0.15) is 11.5 Å². The summed E-state index contributed by atoms with van der Waals surface area (Å²) < 4.78 is 13.8. The number of rotatable bonds is 2. The van der Waals surface area contributed by atoms with Gasteiger partial charge in [-0.2, -0.15) is 5.10 Å². The third kappa shape index (κ3) is 1.85. The summed E-state index contributed by atoms with van der Waals surface area (Å²) in [7, 11) is 0. The van der Waals surface area contributed by atoms with Gasteiger partial charge in [-0.15, -0.1) is 0 Å². The molecule has 2 heterocycles. The number of carboxylic acid groups (broad SMARTS) is 1. The molecule has 2 aromatic rings. The predicted octanol–water partition coefficient (Wildman–Crippen LogP) is 1.41. The van der Waals surface area contributed by atoms with Crippen LogP contribution in [0.5, 0.6) is 0 Å². The highest BCUT2D eigenvalue weighted by Crippen LogP contribution is 2.31. The van der Waals surface area contributed by atoms with Crippen LogP contribution in [-0.2, 0) is 11.2 Å².